The predicted octanol–water partition coefficient (Wildman–Crippen LogP) is 2.01. The first-order valence-corrected chi connectivity index (χ1v) is 8.72. The summed E-state index contributed by atoms with van der Waals surface area (Å²) in [5.74, 6) is 1.09. The van der Waals surface area contributed by atoms with E-state index in [1.807, 2.05) is 6.92 Å². The van der Waals surface area contributed by atoms with Crippen LogP contribution in [0.5, 0.6) is 0 Å². The second-order valence-corrected chi connectivity index (χ2v) is 6.64. The number of hydrogen-bond acceptors (Lipinski definition) is 6. The molecule has 136 valence electrons. The number of aromatic nitrogens is 2. The molecule has 2 atom stereocenters. The van der Waals surface area contributed by atoms with E-state index in [9.17, 15) is 9.50 Å². The summed E-state index contributed by atoms with van der Waals surface area (Å²) in [6, 6.07) is 6.44. The molecular weight excluding hydrogens is 323 g/mol. The third-order valence-corrected chi connectivity index (χ3v) is 4.76. The highest BCUT2D eigenvalue weighted by Gasteiger charge is 2.28. The van der Waals surface area contributed by atoms with Crippen molar-refractivity contribution in [2.24, 2.45) is 0 Å². The zero-order valence-electron chi connectivity index (χ0n) is 14.7. The zero-order valence-corrected chi connectivity index (χ0v) is 14.7. The molecule has 1 N–H and O–H groups in total. The van der Waals surface area contributed by atoms with Gasteiger partial charge in [-0.15, -0.1) is 0 Å². The second-order valence-electron chi connectivity index (χ2n) is 6.64. The summed E-state index contributed by atoms with van der Waals surface area (Å²) in [6.45, 7) is 5.01. The Balaban J connectivity index is 1.49. The average Bonchev–Trinajstić information content (AvgIpc) is 3.24. The summed E-state index contributed by atoms with van der Waals surface area (Å²) in [4.78, 5) is 8.82. The Kier molecular flexibility index (Phi) is 5.78. The zero-order chi connectivity index (χ0) is 17.8. The van der Waals surface area contributed by atoms with Crippen molar-refractivity contribution in [3.05, 3.63) is 47.4 Å². The van der Waals surface area contributed by atoms with Crippen LogP contribution >= 0.6 is 0 Å². The van der Waals surface area contributed by atoms with Crippen molar-refractivity contribution in [2.45, 2.75) is 38.5 Å². The molecule has 0 aliphatic carbocycles. The molecule has 1 aliphatic heterocycles. The summed E-state index contributed by atoms with van der Waals surface area (Å²) in [7, 11) is 2.06. The molecule has 0 bridgehead atoms. The van der Waals surface area contributed by atoms with Gasteiger partial charge in [0.2, 0.25) is 5.89 Å². The third-order valence-electron chi connectivity index (χ3n) is 4.76. The standard InChI is InChI=1S/C18H25FN4O2/c1-3-18-20-17(21-25-18)12-22(2)15-8-9-23(10-15)11-16(24)13-4-6-14(19)7-5-13/h4-7,15-16,24H,3,8-12H2,1-2H3. The molecule has 2 unspecified atom stereocenters. The van der Waals surface area contributed by atoms with E-state index in [2.05, 4.69) is 27.0 Å². The van der Waals surface area contributed by atoms with E-state index in [0.717, 1.165) is 31.5 Å². The Morgan fingerprint density at radius 3 is 2.84 bits per heavy atom. The van der Waals surface area contributed by atoms with Gasteiger partial charge in [0, 0.05) is 25.6 Å². The van der Waals surface area contributed by atoms with E-state index < -0.39 is 6.10 Å². The molecule has 6 nitrogen and oxygen atoms in total. The van der Waals surface area contributed by atoms with Crippen molar-refractivity contribution >= 4 is 0 Å². The number of benzene rings is 1. The van der Waals surface area contributed by atoms with Crippen molar-refractivity contribution in [1.29, 1.82) is 0 Å². The van der Waals surface area contributed by atoms with Crippen LogP contribution in [0.25, 0.3) is 0 Å². The fraction of sp³-hybridized carbons (Fsp3) is 0.556. The summed E-state index contributed by atoms with van der Waals surface area (Å²) in [6.07, 6.45) is 1.18. The van der Waals surface area contributed by atoms with Gasteiger partial charge in [0.25, 0.3) is 0 Å². The molecular formula is C18H25FN4O2. The minimum Gasteiger partial charge on any atom is -0.387 e. The smallest absolute Gasteiger partial charge is 0.226 e. The SMILES string of the molecule is CCc1nc(CN(C)C2CCN(CC(O)c3ccc(F)cc3)C2)no1. The molecule has 0 saturated carbocycles. The summed E-state index contributed by atoms with van der Waals surface area (Å²) >= 11 is 0. The van der Waals surface area contributed by atoms with E-state index in [1.54, 1.807) is 12.1 Å². The van der Waals surface area contributed by atoms with Crippen molar-refractivity contribution in [2.75, 3.05) is 26.7 Å². The molecule has 7 heteroatoms. The molecule has 0 radical (unpaired) electrons. The van der Waals surface area contributed by atoms with Crippen LogP contribution in [0.1, 0.15) is 36.7 Å². The molecule has 3 rings (SSSR count). The maximum atomic E-state index is 13.0. The minimum atomic E-state index is -0.603. The van der Waals surface area contributed by atoms with E-state index in [0.29, 0.717) is 30.8 Å². The number of rotatable bonds is 7. The van der Waals surface area contributed by atoms with Crippen LogP contribution in [-0.4, -0.2) is 57.8 Å². The summed E-state index contributed by atoms with van der Waals surface area (Å²) in [5, 5.41) is 14.4. The van der Waals surface area contributed by atoms with E-state index in [4.69, 9.17) is 4.52 Å². The van der Waals surface area contributed by atoms with Crippen LogP contribution in [0.4, 0.5) is 4.39 Å². The van der Waals surface area contributed by atoms with Crippen LogP contribution in [0.15, 0.2) is 28.8 Å². The van der Waals surface area contributed by atoms with Crippen molar-refractivity contribution < 1.29 is 14.0 Å². The topological polar surface area (TPSA) is 65.6 Å². The van der Waals surface area contributed by atoms with Crippen LogP contribution in [0, 0.1) is 5.82 Å². The quantitative estimate of drug-likeness (QED) is 0.826. The van der Waals surface area contributed by atoms with Gasteiger partial charge in [-0.25, -0.2) is 4.39 Å². The first-order valence-electron chi connectivity index (χ1n) is 8.72. The monoisotopic (exact) mass is 348 g/mol. The van der Waals surface area contributed by atoms with Crippen LogP contribution in [0.3, 0.4) is 0 Å². The number of aryl methyl sites for hydroxylation is 1. The molecule has 0 amide bonds. The number of aliphatic hydroxyl groups is 1. The first-order chi connectivity index (χ1) is 12.0. The minimum absolute atomic E-state index is 0.286. The fourth-order valence-corrected chi connectivity index (χ4v) is 3.22. The number of hydrogen-bond donors (Lipinski definition) is 1. The molecule has 2 aromatic rings. The Morgan fingerprint density at radius 1 is 1.40 bits per heavy atom. The maximum Gasteiger partial charge on any atom is 0.226 e. The van der Waals surface area contributed by atoms with Crippen LogP contribution in [-0.2, 0) is 13.0 Å². The number of likely N-dealkylation sites (tertiary alicyclic amines) is 1. The van der Waals surface area contributed by atoms with E-state index >= 15 is 0 Å². The average molecular weight is 348 g/mol. The Labute approximate surface area is 147 Å². The van der Waals surface area contributed by atoms with Crippen molar-refractivity contribution in [3.63, 3.8) is 0 Å². The molecule has 1 aromatic carbocycles. The fourth-order valence-electron chi connectivity index (χ4n) is 3.22. The molecule has 25 heavy (non-hydrogen) atoms. The van der Waals surface area contributed by atoms with Gasteiger partial charge in [0.15, 0.2) is 5.82 Å². The van der Waals surface area contributed by atoms with E-state index in [-0.39, 0.29) is 5.82 Å². The number of halogens is 1. The van der Waals surface area contributed by atoms with Crippen LogP contribution < -0.4 is 0 Å². The van der Waals surface area contributed by atoms with Gasteiger partial charge in [-0.2, -0.15) is 4.98 Å². The highest BCUT2D eigenvalue weighted by atomic mass is 19.1. The first kappa shape index (κ1) is 18.0. The van der Waals surface area contributed by atoms with Crippen molar-refractivity contribution in [1.82, 2.24) is 19.9 Å². The lowest BCUT2D eigenvalue weighted by atomic mass is 10.1. The number of aliphatic hydroxyl groups excluding tert-OH is 1. The molecule has 2 heterocycles. The molecule has 1 aliphatic rings. The largest absolute Gasteiger partial charge is 0.387 e. The van der Waals surface area contributed by atoms with Gasteiger partial charge in [0.05, 0.1) is 12.6 Å². The van der Waals surface area contributed by atoms with Crippen LogP contribution in [0.2, 0.25) is 0 Å². The lowest BCUT2D eigenvalue weighted by Gasteiger charge is -2.24. The Morgan fingerprint density at radius 2 is 2.16 bits per heavy atom. The Bertz CT molecular complexity index is 676. The van der Waals surface area contributed by atoms with Gasteiger partial charge in [-0.1, -0.05) is 24.2 Å². The van der Waals surface area contributed by atoms with Crippen molar-refractivity contribution in [3.8, 4) is 0 Å². The highest BCUT2D eigenvalue weighted by molar-refractivity contribution is 5.18. The molecule has 1 saturated heterocycles. The normalized spacial score (nSPS) is 19.6. The summed E-state index contributed by atoms with van der Waals surface area (Å²) < 4.78 is 18.1. The number of nitrogens with zero attached hydrogens (tertiary/aromatic N) is 4. The molecule has 0 spiro atoms. The molecule has 1 fully saturated rings. The number of likely N-dealkylation sites (N-methyl/N-ethyl adjacent to an activating group) is 1. The highest BCUT2D eigenvalue weighted by Crippen LogP contribution is 2.21. The lowest BCUT2D eigenvalue weighted by molar-refractivity contribution is 0.120. The maximum absolute atomic E-state index is 13.0. The predicted molar refractivity (Wildman–Crippen MR) is 91.3 cm³/mol. The van der Waals surface area contributed by atoms with E-state index in [1.165, 1.54) is 12.1 Å². The lowest BCUT2D eigenvalue weighted by Crippen LogP contribution is -2.35. The van der Waals surface area contributed by atoms with Gasteiger partial charge in [-0.3, -0.25) is 9.80 Å². The molecule has 1 aromatic heterocycles. The van der Waals surface area contributed by atoms with Gasteiger partial charge >= 0.3 is 0 Å². The Hall–Kier alpha value is -1.83. The number of β-amino-alcohol motifs (C(OH)–C–C–N with tert-alkyl or cyclic N) is 1. The van der Waals surface area contributed by atoms with Gasteiger partial charge in [0.1, 0.15) is 5.82 Å². The third kappa shape index (κ3) is 4.62. The van der Waals surface area contributed by atoms with Gasteiger partial charge in [-0.05, 0) is 37.7 Å². The summed E-state index contributed by atoms with van der Waals surface area (Å²) in [5.41, 5.74) is 0.747. The van der Waals surface area contributed by atoms with Gasteiger partial charge < -0.3 is 9.63 Å². The second kappa shape index (κ2) is 8.03.